The summed E-state index contributed by atoms with van der Waals surface area (Å²) in [5.74, 6) is 0. The fourth-order valence-corrected chi connectivity index (χ4v) is 3.21. The smallest absolute Gasteiger partial charge is 0.0408 e. The van der Waals surface area contributed by atoms with E-state index in [-0.39, 0.29) is 0 Å². The van der Waals surface area contributed by atoms with Gasteiger partial charge in [-0.2, -0.15) is 0 Å². The number of halogens is 1. The van der Waals surface area contributed by atoms with Crippen molar-refractivity contribution in [2.45, 2.75) is 31.7 Å². The summed E-state index contributed by atoms with van der Waals surface area (Å²) in [5, 5.41) is 4.54. The molecule has 1 N–H and O–H groups in total. The molecule has 0 aromatic heterocycles. The predicted molar refractivity (Wildman–Crippen MR) is 85.3 cm³/mol. The first kappa shape index (κ1) is 13.7. The van der Waals surface area contributed by atoms with Gasteiger partial charge >= 0.3 is 0 Å². The minimum absolute atomic E-state index is 0.512. The van der Waals surface area contributed by atoms with E-state index in [0.717, 1.165) is 24.4 Å². The van der Waals surface area contributed by atoms with Gasteiger partial charge in [0, 0.05) is 11.1 Å². The Labute approximate surface area is 126 Å². The average Bonchev–Trinajstić information content (AvgIpc) is 2.87. The van der Waals surface area contributed by atoms with Gasteiger partial charge in [0.1, 0.15) is 0 Å². The lowest BCUT2D eigenvalue weighted by Crippen LogP contribution is -2.20. The standard InChI is InChI=1S/C18H20ClN/c19-16-9-10-17-15(13-16)8-11-18(17)20-12-4-7-14-5-2-1-3-6-14/h1-3,5-6,9-10,13,18,20H,4,7-8,11-12H2. The molecule has 0 saturated carbocycles. The minimum Gasteiger partial charge on any atom is -0.310 e. The van der Waals surface area contributed by atoms with Crippen LogP contribution in [0.3, 0.4) is 0 Å². The topological polar surface area (TPSA) is 12.0 Å². The van der Waals surface area contributed by atoms with E-state index < -0.39 is 0 Å². The fourth-order valence-electron chi connectivity index (χ4n) is 3.01. The number of rotatable bonds is 5. The maximum absolute atomic E-state index is 6.05. The molecule has 0 radical (unpaired) electrons. The first-order valence-corrected chi connectivity index (χ1v) is 7.76. The summed E-state index contributed by atoms with van der Waals surface area (Å²) >= 11 is 6.05. The van der Waals surface area contributed by atoms with E-state index >= 15 is 0 Å². The second-order valence-corrected chi connectivity index (χ2v) is 5.91. The van der Waals surface area contributed by atoms with Crippen LogP contribution in [-0.4, -0.2) is 6.54 Å². The highest BCUT2D eigenvalue weighted by Crippen LogP contribution is 2.32. The number of hydrogen-bond donors (Lipinski definition) is 1. The molecule has 1 atom stereocenters. The highest BCUT2D eigenvalue weighted by molar-refractivity contribution is 6.30. The molecule has 0 aliphatic heterocycles. The van der Waals surface area contributed by atoms with Gasteiger partial charge in [0.25, 0.3) is 0 Å². The Bertz CT molecular complexity index is 565. The molecule has 1 nitrogen and oxygen atoms in total. The van der Waals surface area contributed by atoms with Crippen molar-refractivity contribution >= 4 is 11.6 Å². The molecule has 2 aromatic carbocycles. The first-order valence-electron chi connectivity index (χ1n) is 7.38. The zero-order valence-electron chi connectivity index (χ0n) is 11.6. The summed E-state index contributed by atoms with van der Waals surface area (Å²) in [7, 11) is 0. The summed E-state index contributed by atoms with van der Waals surface area (Å²) in [5.41, 5.74) is 4.28. The SMILES string of the molecule is Clc1ccc2c(c1)CCC2NCCCc1ccccc1. The maximum Gasteiger partial charge on any atom is 0.0408 e. The van der Waals surface area contributed by atoms with Crippen LogP contribution in [0.2, 0.25) is 5.02 Å². The van der Waals surface area contributed by atoms with Gasteiger partial charge in [0.2, 0.25) is 0 Å². The lowest BCUT2D eigenvalue weighted by atomic mass is 10.1. The summed E-state index contributed by atoms with van der Waals surface area (Å²) in [6, 6.07) is 17.5. The Morgan fingerprint density at radius 3 is 2.80 bits per heavy atom. The van der Waals surface area contributed by atoms with E-state index in [1.165, 1.54) is 29.5 Å². The van der Waals surface area contributed by atoms with E-state index in [2.05, 4.69) is 47.8 Å². The average molecular weight is 286 g/mol. The predicted octanol–water partition coefficient (Wildman–Crippen LogP) is 4.55. The van der Waals surface area contributed by atoms with Crippen LogP contribution in [0, 0.1) is 0 Å². The van der Waals surface area contributed by atoms with Gasteiger partial charge in [-0.05, 0) is 61.1 Å². The highest BCUT2D eigenvalue weighted by atomic mass is 35.5. The van der Waals surface area contributed by atoms with Crippen LogP contribution >= 0.6 is 11.6 Å². The summed E-state index contributed by atoms with van der Waals surface area (Å²) in [6.45, 7) is 1.07. The minimum atomic E-state index is 0.512. The molecule has 104 valence electrons. The molecule has 20 heavy (non-hydrogen) atoms. The Morgan fingerprint density at radius 1 is 1.10 bits per heavy atom. The zero-order chi connectivity index (χ0) is 13.8. The monoisotopic (exact) mass is 285 g/mol. The lowest BCUT2D eigenvalue weighted by molar-refractivity contribution is 0.520. The van der Waals surface area contributed by atoms with Crippen LogP contribution in [0.4, 0.5) is 0 Å². The van der Waals surface area contributed by atoms with Crippen molar-refractivity contribution in [3.63, 3.8) is 0 Å². The summed E-state index contributed by atoms with van der Waals surface area (Å²) < 4.78 is 0. The van der Waals surface area contributed by atoms with Gasteiger partial charge in [0.05, 0.1) is 0 Å². The Kier molecular flexibility index (Phi) is 4.39. The molecule has 0 spiro atoms. The van der Waals surface area contributed by atoms with Gasteiger partial charge in [-0.1, -0.05) is 48.0 Å². The molecule has 0 saturated heterocycles. The van der Waals surface area contributed by atoms with E-state index in [1.807, 2.05) is 6.07 Å². The third kappa shape index (κ3) is 3.23. The van der Waals surface area contributed by atoms with Crippen molar-refractivity contribution < 1.29 is 0 Å². The molecule has 0 heterocycles. The fraction of sp³-hybridized carbons (Fsp3) is 0.333. The molecule has 0 amide bonds. The molecular formula is C18H20ClN. The van der Waals surface area contributed by atoms with E-state index in [4.69, 9.17) is 11.6 Å². The van der Waals surface area contributed by atoms with Crippen LogP contribution in [0.25, 0.3) is 0 Å². The third-order valence-corrected chi connectivity index (χ3v) is 4.29. The van der Waals surface area contributed by atoms with E-state index in [9.17, 15) is 0 Å². The maximum atomic E-state index is 6.05. The summed E-state index contributed by atoms with van der Waals surface area (Å²) in [6.07, 6.45) is 4.67. The molecule has 0 bridgehead atoms. The third-order valence-electron chi connectivity index (χ3n) is 4.06. The molecule has 3 rings (SSSR count). The molecular weight excluding hydrogens is 266 g/mol. The molecule has 1 aliphatic rings. The number of benzene rings is 2. The molecule has 2 heteroatoms. The molecule has 0 fully saturated rings. The Balaban J connectivity index is 1.49. The molecule has 1 aliphatic carbocycles. The van der Waals surface area contributed by atoms with Crippen LogP contribution in [0.15, 0.2) is 48.5 Å². The second kappa shape index (κ2) is 6.43. The van der Waals surface area contributed by atoms with Crippen LogP contribution in [0.5, 0.6) is 0 Å². The van der Waals surface area contributed by atoms with Gasteiger partial charge in [-0.3, -0.25) is 0 Å². The van der Waals surface area contributed by atoms with Gasteiger partial charge in [-0.15, -0.1) is 0 Å². The lowest BCUT2D eigenvalue weighted by Gasteiger charge is -2.14. The van der Waals surface area contributed by atoms with Crippen molar-refractivity contribution in [2.75, 3.05) is 6.54 Å². The number of aryl methyl sites for hydroxylation is 2. The Hall–Kier alpha value is -1.31. The van der Waals surface area contributed by atoms with Crippen molar-refractivity contribution in [3.8, 4) is 0 Å². The number of nitrogens with one attached hydrogen (secondary N) is 1. The quantitative estimate of drug-likeness (QED) is 0.795. The van der Waals surface area contributed by atoms with Crippen molar-refractivity contribution in [1.29, 1.82) is 0 Å². The van der Waals surface area contributed by atoms with Gasteiger partial charge in [-0.25, -0.2) is 0 Å². The van der Waals surface area contributed by atoms with Crippen LogP contribution < -0.4 is 5.32 Å². The zero-order valence-corrected chi connectivity index (χ0v) is 12.4. The number of fused-ring (bicyclic) bond motifs is 1. The van der Waals surface area contributed by atoms with E-state index in [0.29, 0.717) is 6.04 Å². The second-order valence-electron chi connectivity index (χ2n) is 5.48. The van der Waals surface area contributed by atoms with Crippen LogP contribution in [0.1, 0.15) is 35.6 Å². The first-order chi connectivity index (χ1) is 9.83. The highest BCUT2D eigenvalue weighted by Gasteiger charge is 2.21. The molecule has 2 aromatic rings. The molecule has 1 unspecified atom stereocenters. The normalized spacial score (nSPS) is 17.1. The number of hydrogen-bond acceptors (Lipinski definition) is 1. The summed E-state index contributed by atoms with van der Waals surface area (Å²) in [4.78, 5) is 0. The van der Waals surface area contributed by atoms with Crippen LogP contribution in [-0.2, 0) is 12.8 Å². The Morgan fingerprint density at radius 2 is 1.95 bits per heavy atom. The van der Waals surface area contributed by atoms with Crippen molar-refractivity contribution in [2.24, 2.45) is 0 Å². The van der Waals surface area contributed by atoms with Crippen molar-refractivity contribution in [3.05, 3.63) is 70.2 Å². The van der Waals surface area contributed by atoms with E-state index in [1.54, 1.807) is 0 Å². The van der Waals surface area contributed by atoms with Crippen molar-refractivity contribution in [1.82, 2.24) is 5.32 Å². The van der Waals surface area contributed by atoms with Gasteiger partial charge in [0.15, 0.2) is 0 Å². The largest absolute Gasteiger partial charge is 0.310 e. The van der Waals surface area contributed by atoms with Gasteiger partial charge < -0.3 is 5.32 Å².